The van der Waals surface area contributed by atoms with Crippen molar-refractivity contribution >= 4 is 23.6 Å². The highest BCUT2D eigenvalue weighted by molar-refractivity contribution is 6.25. The second-order valence-corrected chi connectivity index (χ2v) is 2.60. The van der Waals surface area contributed by atoms with Gasteiger partial charge in [0.2, 0.25) is 0 Å². The van der Waals surface area contributed by atoms with Gasteiger partial charge in [-0.15, -0.1) is 0 Å². The molecule has 3 N–H and O–H groups in total. The van der Waals surface area contributed by atoms with Crippen LogP contribution in [-0.2, 0) is 4.79 Å². The number of carboxylic acids is 1. The number of nitrogens with one attached hydrogen (secondary N) is 2. The minimum Gasteiger partial charge on any atom is -0.480 e. The van der Waals surface area contributed by atoms with Gasteiger partial charge in [-0.1, -0.05) is 11.6 Å². The van der Waals surface area contributed by atoms with Gasteiger partial charge in [0.1, 0.15) is 6.54 Å². The third kappa shape index (κ3) is 7.14. The average Bonchev–Trinajstić information content (AvgIpc) is 2.10. The maximum atomic E-state index is 10.8. The first-order valence-electron chi connectivity index (χ1n) is 3.55. The first kappa shape index (κ1) is 11.8. The van der Waals surface area contributed by atoms with Crippen molar-refractivity contribution in [2.45, 2.75) is 6.92 Å². The average molecular weight is 207 g/mol. The highest BCUT2D eigenvalue weighted by Crippen LogP contribution is 1.91. The van der Waals surface area contributed by atoms with Gasteiger partial charge in [0.05, 0.1) is 0 Å². The number of carbonyl (C=O) groups is 2. The van der Waals surface area contributed by atoms with Crippen molar-refractivity contribution in [1.82, 2.24) is 10.6 Å². The second kappa shape index (κ2) is 6.30. The van der Waals surface area contributed by atoms with Crippen molar-refractivity contribution < 1.29 is 14.7 Å². The van der Waals surface area contributed by atoms with E-state index in [1.807, 2.05) is 0 Å². The molecule has 6 heteroatoms. The van der Waals surface area contributed by atoms with Crippen LogP contribution in [0.3, 0.4) is 0 Å². The normalized spacial score (nSPS) is 10.8. The third-order valence-electron chi connectivity index (χ3n) is 1.11. The fourth-order valence-corrected chi connectivity index (χ4v) is 0.554. The van der Waals surface area contributed by atoms with Crippen molar-refractivity contribution in [2.24, 2.45) is 0 Å². The lowest BCUT2D eigenvalue weighted by Gasteiger charge is -2.04. The summed E-state index contributed by atoms with van der Waals surface area (Å²) in [6, 6.07) is -0.528. The molecule has 0 radical (unpaired) electrons. The molecule has 0 heterocycles. The minimum absolute atomic E-state index is 0.301. The summed E-state index contributed by atoms with van der Waals surface area (Å²) in [5.41, 5.74) is 2.13. The van der Waals surface area contributed by atoms with Crippen LogP contribution in [0.15, 0.2) is 11.1 Å². The zero-order valence-electron chi connectivity index (χ0n) is 7.13. The van der Waals surface area contributed by atoms with E-state index >= 15 is 0 Å². The van der Waals surface area contributed by atoms with Crippen LogP contribution < -0.4 is 10.6 Å². The van der Waals surface area contributed by atoms with E-state index in [2.05, 4.69) is 10.6 Å². The molecule has 0 aliphatic rings. The third-order valence-corrected chi connectivity index (χ3v) is 1.49. The quantitative estimate of drug-likeness (QED) is 0.627. The molecule has 0 rings (SSSR count). The number of carboxylic acid groups (broad SMARTS) is 1. The Hall–Kier alpha value is -1.23. The van der Waals surface area contributed by atoms with Gasteiger partial charge < -0.3 is 15.7 Å². The number of urea groups is 1. The van der Waals surface area contributed by atoms with E-state index in [1.54, 1.807) is 6.92 Å². The van der Waals surface area contributed by atoms with Gasteiger partial charge in [0.25, 0.3) is 0 Å². The van der Waals surface area contributed by atoms with E-state index in [4.69, 9.17) is 16.7 Å². The molecular weight excluding hydrogens is 196 g/mol. The summed E-state index contributed by atoms with van der Waals surface area (Å²) < 4.78 is 0. The zero-order chi connectivity index (χ0) is 10.3. The van der Waals surface area contributed by atoms with Crippen LogP contribution in [0.25, 0.3) is 0 Å². The molecule has 2 amide bonds. The number of aliphatic carboxylic acids is 1. The molecule has 5 nitrogen and oxygen atoms in total. The molecule has 0 saturated carbocycles. The Morgan fingerprint density at radius 1 is 1.38 bits per heavy atom. The summed E-state index contributed by atoms with van der Waals surface area (Å²) in [6.07, 6.45) is 0. The molecular formula is C7H11ClN2O3. The van der Waals surface area contributed by atoms with Gasteiger partial charge in [0, 0.05) is 12.1 Å². The van der Waals surface area contributed by atoms with Gasteiger partial charge in [-0.05, 0) is 12.5 Å². The van der Waals surface area contributed by atoms with Crippen molar-refractivity contribution in [2.75, 3.05) is 13.1 Å². The van der Waals surface area contributed by atoms with Crippen LogP contribution in [0.5, 0.6) is 0 Å². The first-order chi connectivity index (χ1) is 6.06. The largest absolute Gasteiger partial charge is 0.480 e. The molecule has 0 aromatic rings. The number of hydrogen-bond donors (Lipinski definition) is 3. The molecule has 74 valence electrons. The molecule has 0 fully saturated rings. The number of carbonyl (C=O) groups excluding carboxylic acids is 1. The molecule has 0 unspecified atom stereocenters. The van der Waals surface area contributed by atoms with Crippen LogP contribution in [0.1, 0.15) is 6.92 Å². The summed E-state index contributed by atoms with van der Waals surface area (Å²) in [5, 5.41) is 12.8. The maximum Gasteiger partial charge on any atom is 0.323 e. The fourth-order valence-electron chi connectivity index (χ4n) is 0.477. The summed E-state index contributed by atoms with van der Waals surface area (Å²) in [6.45, 7) is 1.65. The van der Waals surface area contributed by atoms with E-state index in [-0.39, 0.29) is 0 Å². The van der Waals surface area contributed by atoms with Crippen molar-refractivity contribution in [3.63, 3.8) is 0 Å². The van der Waals surface area contributed by atoms with Gasteiger partial charge >= 0.3 is 12.0 Å². The maximum absolute atomic E-state index is 10.8. The molecule has 13 heavy (non-hydrogen) atoms. The Bertz CT molecular complexity index is 228. The smallest absolute Gasteiger partial charge is 0.323 e. The first-order valence-corrected chi connectivity index (χ1v) is 3.99. The van der Waals surface area contributed by atoms with Crippen molar-refractivity contribution in [3.8, 4) is 0 Å². The molecule has 0 aliphatic carbocycles. The number of hydrogen-bond acceptors (Lipinski definition) is 2. The number of halogens is 1. The molecule has 0 bridgehead atoms. The SMILES string of the molecule is CC(=CCl)CNC(=O)NCC(=O)O. The Labute approximate surface area is 80.8 Å². The van der Waals surface area contributed by atoms with E-state index < -0.39 is 18.5 Å². The monoisotopic (exact) mass is 206 g/mol. The lowest BCUT2D eigenvalue weighted by molar-refractivity contribution is -0.135. The molecule has 0 aromatic heterocycles. The fraction of sp³-hybridized carbons (Fsp3) is 0.429. The Morgan fingerprint density at radius 3 is 2.38 bits per heavy atom. The Morgan fingerprint density at radius 2 is 1.92 bits per heavy atom. The summed E-state index contributed by atoms with van der Waals surface area (Å²) in [5.74, 6) is -1.08. The predicted molar refractivity (Wildman–Crippen MR) is 48.6 cm³/mol. The molecule has 0 atom stereocenters. The highest BCUT2D eigenvalue weighted by atomic mass is 35.5. The summed E-state index contributed by atoms with van der Waals surface area (Å²) >= 11 is 5.34. The summed E-state index contributed by atoms with van der Waals surface area (Å²) in [7, 11) is 0. The Kier molecular flexibility index (Phi) is 5.71. The van der Waals surface area contributed by atoms with E-state index in [1.165, 1.54) is 5.54 Å². The van der Waals surface area contributed by atoms with Crippen LogP contribution >= 0.6 is 11.6 Å². The van der Waals surface area contributed by atoms with Crippen LogP contribution in [-0.4, -0.2) is 30.2 Å². The van der Waals surface area contributed by atoms with Gasteiger partial charge in [0.15, 0.2) is 0 Å². The topological polar surface area (TPSA) is 78.4 Å². The van der Waals surface area contributed by atoms with Crippen LogP contribution in [0, 0.1) is 0 Å². The molecule has 0 aliphatic heterocycles. The standard InChI is InChI=1S/C7H11ClN2O3/c1-5(2-8)3-9-7(13)10-4-6(11)12/h2H,3-4H2,1H3,(H,11,12)(H2,9,10,13). The molecule has 0 saturated heterocycles. The molecule has 0 aromatic carbocycles. The van der Waals surface area contributed by atoms with E-state index in [9.17, 15) is 9.59 Å². The van der Waals surface area contributed by atoms with Crippen molar-refractivity contribution in [3.05, 3.63) is 11.1 Å². The predicted octanol–water partition coefficient (Wildman–Crippen LogP) is 0.513. The lowest BCUT2D eigenvalue weighted by Crippen LogP contribution is -2.39. The van der Waals surface area contributed by atoms with E-state index in [0.717, 1.165) is 5.57 Å². The highest BCUT2D eigenvalue weighted by Gasteiger charge is 2.01. The zero-order valence-corrected chi connectivity index (χ0v) is 7.89. The lowest BCUT2D eigenvalue weighted by atomic mass is 10.3. The number of amides is 2. The van der Waals surface area contributed by atoms with Gasteiger partial charge in [-0.25, -0.2) is 4.79 Å². The second-order valence-electron chi connectivity index (χ2n) is 2.39. The van der Waals surface area contributed by atoms with Gasteiger partial charge in [-0.3, -0.25) is 4.79 Å². The van der Waals surface area contributed by atoms with Crippen LogP contribution in [0.2, 0.25) is 0 Å². The van der Waals surface area contributed by atoms with Gasteiger partial charge in [-0.2, -0.15) is 0 Å². The van der Waals surface area contributed by atoms with E-state index in [0.29, 0.717) is 6.54 Å². The number of rotatable bonds is 4. The van der Waals surface area contributed by atoms with Crippen LogP contribution in [0.4, 0.5) is 4.79 Å². The van der Waals surface area contributed by atoms with Crippen molar-refractivity contribution in [1.29, 1.82) is 0 Å². The Balaban J connectivity index is 3.58. The molecule has 0 spiro atoms. The minimum atomic E-state index is -1.08. The summed E-state index contributed by atoms with van der Waals surface area (Å²) in [4.78, 5) is 20.8.